The second-order valence-corrected chi connectivity index (χ2v) is 9.59. The summed E-state index contributed by atoms with van der Waals surface area (Å²) < 4.78 is 23.0. The molecule has 0 aromatic heterocycles. The zero-order valence-electron chi connectivity index (χ0n) is 11.0. The van der Waals surface area contributed by atoms with Gasteiger partial charge in [0.1, 0.15) is 0 Å². The number of nitrogens with zero attached hydrogens (tertiary/aromatic N) is 1. The van der Waals surface area contributed by atoms with E-state index in [-0.39, 0.29) is 19.0 Å². The highest BCUT2D eigenvalue weighted by molar-refractivity contribution is 7.72. The molecule has 2 unspecified atom stereocenters. The third kappa shape index (κ3) is 2.76. The normalized spacial score (nSPS) is 30.1. The quantitative estimate of drug-likeness (QED) is 0.465. The van der Waals surface area contributed by atoms with Gasteiger partial charge in [-0.25, -0.2) is 0 Å². The number of fused-ring (bicyclic) bond motifs is 1. The minimum Gasteiger partial charge on any atom is -0.367 e. The number of hydrogen-bond donors (Lipinski definition) is 5. The summed E-state index contributed by atoms with van der Waals surface area (Å²) in [5.41, 5.74) is 0. The Balaban J connectivity index is 2.28. The summed E-state index contributed by atoms with van der Waals surface area (Å²) in [5, 5.41) is 6.87. The van der Waals surface area contributed by atoms with E-state index < -0.39 is 26.2 Å². The molecule has 118 valence electrons. The van der Waals surface area contributed by atoms with Crippen LogP contribution >= 0.6 is 15.2 Å². The van der Waals surface area contributed by atoms with Crippen LogP contribution in [0.4, 0.5) is 0 Å². The topological polar surface area (TPSA) is 139 Å². The van der Waals surface area contributed by atoms with E-state index in [4.69, 9.17) is 0 Å². The molecular formula is C10H21NO7P2. The van der Waals surface area contributed by atoms with Gasteiger partial charge in [0, 0.05) is 18.5 Å². The van der Waals surface area contributed by atoms with Gasteiger partial charge in [0.2, 0.25) is 0 Å². The molecule has 5 N–H and O–H groups in total. The molecule has 2 saturated heterocycles. The van der Waals surface area contributed by atoms with Crippen LogP contribution in [0, 0.1) is 5.92 Å². The van der Waals surface area contributed by atoms with Crippen LogP contribution in [0.5, 0.6) is 0 Å². The molecule has 2 aliphatic heterocycles. The summed E-state index contributed by atoms with van der Waals surface area (Å²) in [6.07, 6.45) is 3.82. The summed E-state index contributed by atoms with van der Waals surface area (Å²) >= 11 is 0. The molecule has 0 radical (unpaired) electrons. The zero-order chi connectivity index (χ0) is 15.2. The fourth-order valence-electron chi connectivity index (χ4n) is 3.36. The minimum atomic E-state index is -5.36. The fraction of sp³-hybridized carbons (Fsp3) is 1.00. The van der Waals surface area contributed by atoms with Gasteiger partial charge in [-0.2, -0.15) is 0 Å². The molecule has 2 atom stereocenters. The largest absolute Gasteiger partial charge is 0.369 e. The van der Waals surface area contributed by atoms with Crippen LogP contribution in [-0.4, -0.2) is 53.8 Å². The Bertz CT molecular complexity index is 437. The van der Waals surface area contributed by atoms with Crippen molar-refractivity contribution in [2.45, 2.75) is 43.2 Å². The lowest BCUT2D eigenvalue weighted by Gasteiger charge is -2.47. The Morgan fingerprint density at radius 2 is 1.55 bits per heavy atom. The first-order chi connectivity index (χ1) is 9.07. The molecule has 2 heterocycles. The first-order valence-electron chi connectivity index (χ1n) is 6.65. The van der Waals surface area contributed by atoms with Crippen molar-refractivity contribution in [2.24, 2.45) is 5.92 Å². The Hall–Kier alpha value is 0.220. The minimum absolute atomic E-state index is 0.109. The average Bonchev–Trinajstić information content (AvgIpc) is 2.34. The molecule has 0 aromatic rings. The van der Waals surface area contributed by atoms with E-state index >= 15 is 0 Å². The van der Waals surface area contributed by atoms with Gasteiger partial charge in [0.05, 0.1) is 0 Å². The maximum atomic E-state index is 11.5. The molecule has 0 spiro atoms. The molecule has 0 aromatic carbocycles. The second-order valence-electron chi connectivity index (χ2n) is 5.69. The van der Waals surface area contributed by atoms with Gasteiger partial charge in [-0.3, -0.25) is 14.0 Å². The maximum Gasteiger partial charge on any atom is 0.369 e. The number of rotatable bonds is 3. The monoisotopic (exact) mass is 329 g/mol. The lowest BCUT2D eigenvalue weighted by molar-refractivity contribution is 0.00310. The van der Waals surface area contributed by atoms with E-state index in [0.29, 0.717) is 6.42 Å². The van der Waals surface area contributed by atoms with Gasteiger partial charge in [0.15, 0.2) is 0 Å². The van der Waals surface area contributed by atoms with Crippen LogP contribution in [0.3, 0.4) is 0 Å². The fourth-order valence-corrected chi connectivity index (χ4v) is 6.09. The van der Waals surface area contributed by atoms with E-state index in [1.54, 1.807) is 0 Å². The average molecular weight is 329 g/mol. The van der Waals surface area contributed by atoms with E-state index in [9.17, 15) is 33.8 Å². The lowest BCUT2D eigenvalue weighted by Crippen LogP contribution is -2.52. The van der Waals surface area contributed by atoms with Crippen molar-refractivity contribution in [3.63, 3.8) is 0 Å². The van der Waals surface area contributed by atoms with Crippen molar-refractivity contribution in [3.8, 4) is 0 Å². The third-order valence-corrected chi connectivity index (χ3v) is 8.47. The predicted octanol–water partition coefficient (Wildman–Crippen LogP) is 0.252. The maximum absolute atomic E-state index is 11.5. The predicted molar refractivity (Wildman–Crippen MR) is 71.0 cm³/mol. The molecule has 2 aliphatic rings. The van der Waals surface area contributed by atoms with Gasteiger partial charge < -0.3 is 24.7 Å². The first kappa shape index (κ1) is 16.6. The molecular weight excluding hydrogens is 308 g/mol. The molecule has 0 saturated carbocycles. The highest BCUT2D eigenvalue weighted by Crippen LogP contribution is 2.71. The van der Waals surface area contributed by atoms with Crippen LogP contribution < -0.4 is 0 Å². The van der Waals surface area contributed by atoms with Crippen molar-refractivity contribution in [1.29, 1.82) is 0 Å². The van der Waals surface area contributed by atoms with E-state index in [2.05, 4.69) is 0 Å². The standard InChI is InChI=1S/C10H21NO7P2/c12-10(19(13,14)15,20(16,17)18)8-4-5-9-3-1-2-6-11(9)7-8/h8-9,12H,1-7H2,(H2,13,14,15)(H2,16,17,18). The van der Waals surface area contributed by atoms with E-state index in [1.807, 2.05) is 4.90 Å². The second kappa shape index (κ2) is 5.45. The van der Waals surface area contributed by atoms with Crippen LogP contribution in [0.15, 0.2) is 0 Å². The number of aliphatic hydroxyl groups is 1. The van der Waals surface area contributed by atoms with Crippen molar-refractivity contribution >= 4 is 15.2 Å². The van der Waals surface area contributed by atoms with Gasteiger partial charge in [-0.1, -0.05) is 6.42 Å². The molecule has 8 nitrogen and oxygen atoms in total. The van der Waals surface area contributed by atoms with Crippen molar-refractivity contribution < 1.29 is 33.8 Å². The Morgan fingerprint density at radius 1 is 0.950 bits per heavy atom. The Kier molecular flexibility index (Phi) is 4.52. The summed E-state index contributed by atoms with van der Waals surface area (Å²) in [6.45, 7) is 0.844. The van der Waals surface area contributed by atoms with Crippen molar-refractivity contribution in [3.05, 3.63) is 0 Å². The molecule has 0 amide bonds. The smallest absolute Gasteiger partial charge is 0.367 e. The van der Waals surface area contributed by atoms with E-state index in [0.717, 1.165) is 25.8 Å². The molecule has 10 heteroatoms. The number of hydrogen-bond acceptors (Lipinski definition) is 4. The van der Waals surface area contributed by atoms with E-state index in [1.165, 1.54) is 0 Å². The van der Waals surface area contributed by atoms with Gasteiger partial charge in [0.25, 0.3) is 5.08 Å². The number of piperidine rings is 2. The third-order valence-electron chi connectivity index (χ3n) is 4.46. The highest BCUT2D eigenvalue weighted by Gasteiger charge is 2.64. The van der Waals surface area contributed by atoms with Gasteiger partial charge >= 0.3 is 15.2 Å². The molecule has 2 rings (SSSR count). The Labute approximate surface area is 117 Å². The van der Waals surface area contributed by atoms with Crippen LogP contribution in [0.1, 0.15) is 32.1 Å². The Morgan fingerprint density at radius 3 is 2.10 bits per heavy atom. The van der Waals surface area contributed by atoms with Crippen molar-refractivity contribution in [2.75, 3.05) is 13.1 Å². The highest BCUT2D eigenvalue weighted by atomic mass is 31.2. The summed E-state index contributed by atoms with van der Waals surface area (Å²) in [4.78, 5) is 39.1. The lowest BCUT2D eigenvalue weighted by atomic mass is 9.87. The zero-order valence-corrected chi connectivity index (χ0v) is 12.8. The molecule has 2 fully saturated rings. The van der Waals surface area contributed by atoms with Gasteiger partial charge in [-0.05, 0) is 32.2 Å². The molecule has 0 aliphatic carbocycles. The summed E-state index contributed by atoms with van der Waals surface area (Å²) in [5.74, 6) is -1.13. The molecule has 0 bridgehead atoms. The van der Waals surface area contributed by atoms with Crippen LogP contribution in [0.25, 0.3) is 0 Å². The van der Waals surface area contributed by atoms with Crippen molar-refractivity contribution in [1.82, 2.24) is 4.90 Å². The van der Waals surface area contributed by atoms with Crippen LogP contribution in [0.2, 0.25) is 0 Å². The SMILES string of the molecule is O=P(O)(O)C(O)(C1CCC2CCCCN2C1)P(=O)(O)O. The van der Waals surface area contributed by atoms with Crippen LogP contribution in [-0.2, 0) is 9.13 Å². The first-order valence-corrected chi connectivity index (χ1v) is 9.87. The summed E-state index contributed by atoms with van der Waals surface area (Å²) in [6, 6.07) is 0.290. The van der Waals surface area contributed by atoms with Gasteiger partial charge in [-0.15, -0.1) is 0 Å². The summed E-state index contributed by atoms with van der Waals surface area (Å²) in [7, 11) is -10.7. The molecule has 20 heavy (non-hydrogen) atoms.